The van der Waals surface area contributed by atoms with E-state index >= 15 is 0 Å². The van der Waals surface area contributed by atoms with E-state index in [1.54, 1.807) is 13.1 Å². The second-order valence-corrected chi connectivity index (χ2v) is 4.29. The molecule has 2 rings (SSSR count). The molecule has 1 aromatic heterocycles. The van der Waals surface area contributed by atoms with Crippen LogP contribution in [0.15, 0.2) is 12.3 Å². The van der Waals surface area contributed by atoms with E-state index < -0.39 is 5.97 Å². The maximum Gasteiger partial charge on any atom is 0.323 e. The molecule has 0 unspecified atom stereocenters. The maximum absolute atomic E-state index is 12.1. The quantitative estimate of drug-likeness (QED) is 0.838. The first kappa shape index (κ1) is 12.5. The van der Waals surface area contributed by atoms with Crippen molar-refractivity contribution in [1.29, 1.82) is 0 Å². The van der Waals surface area contributed by atoms with Crippen molar-refractivity contribution in [3.05, 3.63) is 23.8 Å². The Balaban J connectivity index is 2.15. The topological polar surface area (TPSA) is 83.4 Å². The molecule has 1 saturated carbocycles. The fraction of sp³-hybridized carbons (Fsp3) is 0.500. The molecule has 0 bridgehead atoms. The second-order valence-electron chi connectivity index (χ2n) is 4.29. The van der Waals surface area contributed by atoms with Crippen molar-refractivity contribution >= 4 is 11.9 Å². The third-order valence-corrected chi connectivity index (χ3v) is 2.83. The molecular weight excluding hydrogens is 234 g/mol. The molecule has 6 heteroatoms. The molecule has 18 heavy (non-hydrogen) atoms. The van der Waals surface area contributed by atoms with E-state index in [0.29, 0.717) is 18.3 Å². The summed E-state index contributed by atoms with van der Waals surface area (Å²) >= 11 is 0. The summed E-state index contributed by atoms with van der Waals surface area (Å²) in [6.07, 6.45) is 3.68. The number of rotatable bonds is 5. The van der Waals surface area contributed by atoms with Gasteiger partial charge in [0.2, 0.25) is 0 Å². The van der Waals surface area contributed by atoms with Crippen molar-refractivity contribution in [2.45, 2.75) is 25.7 Å². The molecule has 0 radical (unpaired) electrons. The average Bonchev–Trinajstić information content (AvgIpc) is 3.19. The average molecular weight is 249 g/mol. The first-order valence-corrected chi connectivity index (χ1v) is 5.95. The lowest BCUT2D eigenvalue weighted by Gasteiger charge is -2.17. The minimum atomic E-state index is -1.03. The molecule has 0 atom stereocenters. The van der Waals surface area contributed by atoms with E-state index in [0.717, 1.165) is 12.8 Å². The van der Waals surface area contributed by atoms with Crippen molar-refractivity contribution in [2.75, 3.05) is 13.1 Å². The number of amides is 1. The number of aromatic nitrogens is 2. The van der Waals surface area contributed by atoms with Gasteiger partial charge in [-0.3, -0.25) is 9.59 Å². The minimum Gasteiger partial charge on any atom is -0.480 e. The normalized spacial score (nSPS) is 14.3. The summed E-state index contributed by atoms with van der Waals surface area (Å²) in [5.41, 5.74) is 0.273. The van der Waals surface area contributed by atoms with E-state index in [1.165, 1.54) is 11.0 Å². The van der Waals surface area contributed by atoms with Crippen LogP contribution in [0.1, 0.15) is 42.0 Å². The molecule has 0 aromatic carbocycles. The highest BCUT2D eigenvalue weighted by Gasteiger charge is 2.27. The second kappa shape index (κ2) is 5.12. The zero-order valence-corrected chi connectivity index (χ0v) is 10.2. The number of nitrogens with zero attached hydrogens (tertiary/aromatic N) is 3. The molecule has 1 heterocycles. The summed E-state index contributed by atoms with van der Waals surface area (Å²) in [5.74, 6) is -0.328. The van der Waals surface area contributed by atoms with Crippen molar-refractivity contribution in [2.24, 2.45) is 0 Å². The first-order chi connectivity index (χ1) is 8.61. The van der Waals surface area contributed by atoms with Gasteiger partial charge in [0.05, 0.1) is 0 Å². The number of carboxylic acid groups (broad SMARTS) is 1. The molecule has 1 aliphatic rings. The Morgan fingerprint density at radius 1 is 1.50 bits per heavy atom. The van der Waals surface area contributed by atoms with Crippen molar-refractivity contribution in [1.82, 2.24) is 14.9 Å². The van der Waals surface area contributed by atoms with Gasteiger partial charge in [0.25, 0.3) is 5.91 Å². The molecule has 1 fully saturated rings. The van der Waals surface area contributed by atoms with Crippen LogP contribution in [0.25, 0.3) is 0 Å². The van der Waals surface area contributed by atoms with Crippen LogP contribution in [0.2, 0.25) is 0 Å². The van der Waals surface area contributed by atoms with Crippen molar-refractivity contribution in [3.8, 4) is 0 Å². The highest BCUT2D eigenvalue weighted by molar-refractivity contribution is 5.94. The fourth-order valence-corrected chi connectivity index (χ4v) is 1.68. The van der Waals surface area contributed by atoms with Gasteiger partial charge in [-0.15, -0.1) is 0 Å². The number of hydrogen-bond donors (Lipinski definition) is 1. The zero-order valence-electron chi connectivity index (χ0n) is 10.2. The van der Waals surface area contributed by atoms with Crippen LogP contribution in [0.4, 0.5) is 0 Å². The van der Waals surface area contributed by atoms with E-state index in [2.05, 4.69) is 9.97 Å². The van der Waals surface area contributed by atoms with Crippen LogP contribution in [0, 0.1) is 0 Å². The summed E-state index contributed by atoms with van der Waals surface area (Å²) in [7, 11) is 0. The van der Waals surface area contributed by atoms with Crippen molar-refractivity contribution in [3.63, 3.8) is 0 Å². The van der Waals surface area contributed by atoms with Gasteiger partial charge >= 0.3 is 5.97 Å². The lowest BCUT2D eigenvalue weighted by atomic mass is 10.3. The van der Waals surface area contributed by atoms with Gasteiger partial charge in [0, 0.05) is 18.7 Å². The Labute approximate surface area is 105 Å². The lowest BCUT2D eigenvalue weighted by Crippen LogP contribution is -2.36. The monoisotopic (exact) mass is 249 g/mol. The van der Waals surface area contributed by atoms with Gasteiger partial charge in [-0.25, -0.2) is 9.97 Å². The van der Waals surface area contributed by atoms with E-state index in [-0.39, 0.29) is 18.1 Å². The first-order valence-electron chi connectivity index (χ1n) is 5.95. The Bertz CT molecular complexity index is 471. The molecule has 1 aromatic rings. The van der Waals surface area contributed by atoms with Gasteiger partial charge in [0.1, 0.15) is 18.1 Å². The van der Waals surface area contributed by atoms with Crippen LogP contribution in [0.3, 0.4) is 0 Å². The zero-order chi connectivity index (χ0) is 13.1. The number of hydrogen-bond acceptors (Lipinski definition) is 4. The number of carbonyl (C=O) groups is 2. The molecule has 0 aliphatic heterocycles. The Morgan fingerprint density at radius 2 is 2.22 bits per heavy atom. The standard InChI is InChI=1S/C12H15N3O3/c1-2-15(7-10(16)17)12(18)9-5-6-13-11(14-9)8-3-4-8/h5-6,8H,2-4,7H2,1H3,(H,16,17). The highest BCUT2D eigenvalue weighted by atomic mass is 16.4. The highest BCUT2D eigenvalue weighted by Crippen LogP contribution is 2.37. The Kier molecular flexibility index (Phi) is 3.55. The number of carboxylic acids is 1. The summed E-state index contributed by atoms with van der Waals surface area (Å²) in [4.78, 5) is 32.3. The lowest BCUT2D eigenvalue weighted by molar-refractivity contribution is -0.137. The minimum absolute atomic E-state index is 0.273. The van der Waals surface area contributed by atoms with Crippen LogP contribution < -0.4 is 0 Å². The smallest absolute Gasteiger partial charge is 0.323 e. The van der Waals surface area contributed by atoms with Gasteiger partial charge < -0.3 is 10.0 Å². The third kappa shape index (κ3) is 2.82. The van der Waals surface area contributed by atoms with Crippen molar-refractivity contribution < 1.29 is 14.7 Å². The summed E-state index contributed by atoms with van der Waals surface area (Å²) in [5, 5.41) is 8.74. The van der Waals surface area contributed by atoms with Crippen LogP contribution in [0.5, 0.6) is 0 Å². The molecule has 0 saturated heterocycles. The van der Waals surface area contributed by atoms with Crippen LogP contribution in [-0.4, -0.2) is 44.9 Å². The van der Waals surface area contributed by atoms with Gasteiger partial charge in [-0.05, 0) is 25.8 Å². The van der Waals surface area contributed by atoms with E-state index in [9.17, 15) is 9.59 Å². The molecule has 1 aliphatic carbocycles. The summed E-state index contributed by atoms with van der Waals surface area (Å²) < 4.78 is 0. The number of aliphatic carboxylic acids is 1. The Hall–Kier alpha value is -1.98. The SMILES string of the molecule is CCN(CC(=O)O)C(=O)c1ccnc(C2CC2)n1. The molecule has 96 valence electrons. The van der Waals surface area contributed by atoms with Crippen LogP contribution in [-0.2, 0) is 4.79 Å². The summed E-state index contributed by atoms with van der Waals surface area (Å²) in [6, 6.07) is 1.53. The maximum atomic E-state index is 12.1. The predicted octanol–water partition coefficient (Wildman–Crippen LogP) is 0.901. The molecule has 1 N–H and O–H groups in total. The van der Waals surface area contributed by atoms with E-state index in [4.69, 9.17) is 5.11 Å². The van der Waals surface area contributed by atoms with Gasteiger partial charge in [-0.2, -0.15) is 0 Å². The number of likely N-dealkylation sites (N-methyl/N-ethyl adjacent to an activating group) is 1. The molecule has 6 nitrogen and oxygen atoms in total. The molecular formula is C12H15N3O3. The number of carbonyl (C=O) groups excluding carboxylic acids is 1. The third-order valence-electron chi connectivity index (χ3n) is 2.83. The van der Waals surface area contributed by atoms with Crippen LogP contribution >= 0.6 is 0 Å². The fourth-order valence-electron chi connectivity index (χ4n) is 1.68. The largest absolute Gasteiger partial charge is 0.480 e. The van der Waals surface area contributed by atoms with E-state index in [1.807, 2.05) is 0 Å². The van der Waals surface area contributed by atoms with Gasteiger partial charge in [-0.1, -0.05) is 0 Å². The predicted molar refractivity (Wildman–Crippen MR) is 63.2 cm³/mol. The molecule has 1 amide bonds. The summed E-state index contributed by atoms with van der Waals surface area (Å²) in [6.45, 7) is 1.77. The van der Waals surface area contributed by atoms with Gasteiger partial charge in [0.15, 0.2) is 0 Å². The Morgan fingerprint density at radius 3 is 2.78 bits per heavy atom. The molecule has 0 spiro atoms.